The molecule has 0 aliphatic heterocycles. The molecule has 1 aromatic heterocycles. The number of aromatic nitrogens is 2. The topological polar surface area (TPSA) is 29.0 Å². The van der Waals surface area contributed by atoms with E-state index in [0.29, 0.717) is 5.92 Å². The molecule has 2 aromatic rings. The summed E-state index contributed by atoms with van der Waals surface area (Å²) in [6, 6.07) is 8.65. The van der Waals surface area contributed by atoms with Crippen molar-refractivity contribution in [3.63, 3.8) is 0 Å². The van der Waals surface area contributed by atoms with E-state index in [4.69, 9.17) is 0 Å². The van der Waals surface area contributed by atoms with Crippen molar-refractivity contribution in [3.05, 3.63) is 41.2 Å². The van der Waals surface area contributed by atoms with Crippen molar-refractivity contribution < 1.29 is 0 Å². The Morgan fingerprint density at radius 2 is 2.00 bits per heavy atom. The summed E-state index contributed by atoms with van der Waals surface area (Å²) in [4.78, 5) is 6.79. The second kappa shape index (κ2) is 4.69. The van der Waals surface area contributed by atoms with E-state index in [9.17, 15) is 0 Å². The van der Waals surface area contributed by atoms with Crippen LogP contribution in [0.4, 0.5) is 5.13 Å². The van der Waals surface area contributed by atoms with Crippen molar-refractivity contribution in [2.45, 2.75) is 32.2 Å². The summed E-state index contributed by atoms with van der Waals surface area (Å²) in [7, 11) is 2.08. The van der Waals surface area contributed by atoms with Gasteiger partial charge in [0, 0.05) is 31.0 Å². The van der Waals surface area contributed by atoms with Crippen molar-refractivity contribution >= 4 is 16.7 Å². The average molecular weight is 259 g/mol. The molecule has 1 aliphatic rings. The molecule has 0 unspecified atom stereocenters. The highest BCUT2D eigenvalue weighted by atomic mass is 32.1. The maximum Gasteiger partial charge on any atom is 0.205 e. The van der Waals surface area contributed by atoms with Gasteiger partial charge in [0.1, 0.15) is 5.82 Å². The Kier molecular flexibility index (Phi) is 3.04. The molecule has 0 atom stereocenters. The molecule has 1 aliphatic carbocycles. The quantitative estimate of drug-likeness (QED) is 0.843. The second-order valence-corrected chi connectivity index (χ2v) is 5.78. The maximum atomic E-state index is 4.62. The van der Waals surface area contributed by atoms with E-state index in [0.717, 1.165) is 17.5 Å². The van der Waals surface area contributed by atoms with Gasteiger partial charge in [-0.25, -0.2) is 4.98 Å². The van der Waals surface area contributed by atoms with Crippen LogP contribution < -0.4 is 4.90 Å². The lowest BCUT2D eigenvalue weighted by atomic mass is 10.1. The Morgan fingerprint density at radius 3 is 2.67 bits per heavy atom. The maximum absolute atomic E-state index is 4.62. The minimum absolute atomic E-state index is 0.641. The molecule has 1 heterocycles. The van der Waals surface area contributed by atoms with Crippen molar-refractivity contribution in [2.75, 3.05) is 11.9 Å². The first-order chi connectivity index (χ1) is 8.72. The normalized spacial score (nSPS) is 14.8. The molecule has 3 nitrogen and oxygen atoms in total. The Bertz CT molecular complexity index is 528. The van der Waals surface area contributed by atoms with Crippen LogP contribution in [0.25, 0.3) is 0 Å². The molecule has 0 bridgehead atoms. The smallest absolute Gasteiger partial charge is 0.205 e. The molecule has 0 amide bonds. The van der Waals surface area contributed by atoms with Gasteiger partial charge < -0.3 is 4.90 Å². The minimum atomic E-state index is 0.641. The third-order valence-electron chi connectivity index (χ3n) is 3.24. The lowest BCUT2D eigenvalue weighted by Gasteiger charge is -2.15. The molecular formula is C14H17N3S. The molecule has 3 rings (SSSR count). The zero-order valence-electron chi connectivity index (χ0n) is 10.8. The first-order valence-electron chi connectivity index (χ1n) is 6.32. The Balaban J connectivity index is 1.69. The molecule has 1 saturated carbocycles. The molecule has 1 fully saturated rings. The molecule has 1 aromatic carbocycles. The molecule has 18 heavy (non-hydrogen) atoms. The summed E-state index contributed by atoms with van der Waals surface area (Å²) >= 11 is 1.51. The van der Waals surface area contributed by atoms with Crippen LogP contribution in [0, 0.1) is 6.92 Å². The van der Waals surface area contributed by atoms with E-state index in [1.54, 1.807) is 0 Å². The van der Waals surface area contributed by atoms with E-state index >= 15 is 0 Å². The number of anilines is 1. The summed E-state index contributed by atoms with van der Waals surface area (Å²) in [5, 5.41) is 1.03. The van der Waals surface area contributed by atoms with Crippen LogP contribution in [0.5, 0.6) is 0 Å². The Morgan fingerprint density at radius 1 is 1.28 bits per heavy atom. The minimum Gasteiger partial charge on any atom is -0.346 e. The van der Waals surface area contributed by atoms with E-state index in [1.807, 2.05) is 0 Å². The van der Waals surface area contributed by atoms with Gasteiger partial charge in [0.2, 0.25) is 5.13 Å². The summed E-state index contributed by atoms with van der Waals surface area (Å²) in [5.74, 6) is 1.69. The molecule has 0 N–H and O–H groups in total. The molecular weight excluding hydrogens is 242 g/mol. The van der Waals surface area contributed by atoms with Gasteiger partial charge in [-0.05, 0) is 25.3 Å². The number of benzene rings is 1. The number of hydrogen-bond acceptors (Lipinski definition) is 4. The highest BCUT2D eigenvalue weighted by Gasteiger charge is 2.28. The summed E-state index contributed by atoms with van der Waals surface area (Å²) in [6.45, 7) is 3.00. The Labute approximate surface area is 112 Å². The van der Waals surface area contributed by atoms with E-state index < -0.39 is 0 Å². The first kappa shape index (κ1) is 11.7. The zero-order valence-corrected chi connectivity index (χ0v) is 11.6. The van der Waals surface area contributed by atoms with Crippen LogP contribution in [0.15, 0.2) is 24.3 Å². The lowest BCUT2D eigenvalue weighted by molar-refractivity contribution is 0.895. The van der Waals surface area contributed by atoms with Crippen LogP contribution in [0.1, 0.15) is 35.7 Å². The summed E-state index contributed by atoms with van der Waals surface area (Å²) in [6.07, 6.45) is 2.52. The van der Waals surface area contributed by atoms with Gasteiger partial charge in [-0.2, -0.15) is 4.37 Å². The fourth-order valence-electron chi connectivity index (χ4n) is 1.92. The van der Waals surface area contributed by atoms with Gasteiger partial charge in [0.25, 0.3) is 0 Å². The molecule has 0 radical (unpaired) electrons. The largest absolute Gasteiger partial charge is 0.346 e. The second-order valence-electron chi connectivity index (χ2n) is 5.05. The van der Waals surface area contributed by atoms with Gasteiger partial charge >= 0.3 is 0 Å². The van der Waals surface area contributed by atoms with Crippen molar-refractivity contribution in [1.82, 2.24) is 9.36 Å². The number of hydrogen-bond donors (Lipinski definition) is 0. The number of rotatable bonds is 4. The SMILES string of the molecule is Cc1ccc(CN(C)c2nc(C3CC3)ns2)cc1. The number of aryl methyl sites for hydroxylation is 1. The monoisotopic (exact) mass is 259 g/mol. The zero-order chi connectivity index (χ0) is 12.5. The van der Waals surface area contributed by atoms with Crippen molar-refractivity contribution in [3.8, 4) is 0 Å². The van der Waals surface area contributed by atoms with Crippen LogP contribution in [0.3, 0.4) is 0 Å². The molecule has 4 heteroatoms. The van der Waals surface area contributed by atoms with Crippen LogP contribution in [-0.4, -0.2) is 16.4 Å². The van der Waals surface area contributed by atoms with Gasteiger partial charge in [-0.1, -0.05) is 29.8 Å². The van der Waals surface area contributed by atoms with E-state index in [1.165, 1.54) is 35.5 Å². The van der Waals surface area contributed by atoms with E-state index in [2.05, 4.69) is 52.5 Å². The summed E-state index contributed by atoms with van der Waals surface area (Å²) < 4.78 is 4.44. The standard InChI is InChI=1S/C14H17N3S/c1-10-3-5-11(6-4-10)9-17(2)14-15-13(16-18-14)12-7-8-12/h3-6,12H,7-9H2,1-2H3. The van der Waals surface area contributed by atoms with Crippen molar-refractivity contribution in [2.24, 2.45) is 0 Å². The fraction of sp³-hybridized carbons (Fsp3) is 0.429. The Hall–Kier alpha value is -1.42. The van der Waals surface area contributed by atoms with E-state index in [-0.39, 0.29) is 0 Å². The summed E-state index contributed by atoms with van der Waals surface area (Å²) in [5.41, 5.74) is 2.61. The average Bonchev–Trinajstić information content (AvgIpc) is 3.10. The van der Waals surface area contributed by atoms with Crippen LogP contribution in [-0.2, 0) is 6.54 Å². The third kappa shape index (κ3) is 2.53. The van der Waals surface area contributed by atoms with Gasteiger partial charge in [-0.15, -0.1) is 0 Å². The fourth-order valence-corrected chi connectivity index (χ4v) is 2.63. The van der Waals surface area contributed by atoms with Gasteiger partial charge in [-0.3, -0.25) is 0 Å². The lowest BCUT2D eigenvalue weighted by Crippen LogP contribution is -2.16. The predicted octanol–water partition coefficient (Wildman–Crippen LogP) is 3.36. The number of nitrogens with zero attached hydrogens (tertiary/aromatic N) is 3. The van der Waals surface area contributed by atoms with Crippen LogP contribution >= 0.6 is 11.5 Å². The van der Waals surface area contributed by atoms with Gasteiger partial charge in [0.05, 0.1) is 0 Å². The molecule has 94 valence electrons. The van der Waals surface area contributed by atoms with Gasteiger partial charge in [0.15, 0.2) is 0 Å². The predicted molar refractivity (Wildman–Crippen MR) is 75.2 cm³/mol. The highest BCUT2D eigenvalue weighted by molar-refractivity contribution is 7.09. The van der Waals surface area contributed by atoms with Crippen LogP contribution in [0.2, 0.25) is 0 Å². The first-order valence-corrected chi connectivity index (χ1v) is 7.10. The molecule has 0 saturated heterocycles. The third-order valence-corrected chi connectivity index (χ3v) is 4.09. The molecule has 0 spiro atoms. The van der Waals surface area contributed by atoms with Crippen molar-refractivity contribution in [1.29, 1.82) is 0 Å². The highest BCUT2D eigenvalue weighted by Crippen LogP contribution is 2.39.